The second kappa shape index (κ2) is 6.73. The van der Waals surface area contributed by atoms with Crippen molar-refractivity contribution in [3.05, 3.63) is 0 Å². The molecule has 0 saturated carbocycles. The topological polar surface area (TPSA) is 40.5 Å². The van der Waals surface area contributed by atoms with Crippen LogP contribution in [-0.4, -0.2) is 41.8 Å². The Bertz CT molecular complexity index is 219. The first-order valence-electron chi connectivity index (χ1n) is 5.25. The number of nitrogens with zero attached hydrogens (tertiary/aromatic N) is 1. The van der Waals surface area contributed by atoms with Crippen LogP contribution in [0.4, 0.5) is 13.2 Å². The average Bonchev–Trinajstić information content (AvgIpc) is 1.98. The van der Waals surface area contributed by atoms with Gasteiger partial charge < -0.3 is 5.11 Å². The molecule has 0 aromatic carbocycles. The number of carboxylic acid groups (broad SMARTS) is 1. The van der Waals surface area contributed by atoms with Gasteiger partial charge in [0.05, 0.1) is 13.1 Å². The summed E-state index contributed by atoms with van der Waals surface area (Å²) in [5, 5.41) is 8.51. The van der Waals surface area contributed by atoms with Crippen molar-refractivity contribution in [3.8, 4) is 0 Å². The van der Waals surface area contributed by atoms with Crippen LogP contribution in [0, 0.1) is 5.92 Å². The van der Waals surface area contributed by atoms with Gasteiger partial charge in [-0.1, -0.05) is 20.3 Å². The molecular weight excluding hydrogens is 223 g/mol. The number of aliphatic carboxylic acids is 1. The molecule has 0 aromatic rings. The summed E-state index contributed by atoms with van der Waals surface area (Å²) >= 11 is 0. The second-order valence-corrected chi connectivity index (χ2v) is 4.07. The fourth-order valence-corrected chi connectivity index (χ4v) is 1.65. The van der Waals surface area contributed by atoms with E-state index in [0.29, 0.717) is 0 Å². The lowest BCUT2D eigenvalue weighted by Gasteiger charge is -2.24. The first-order chi connectivity index (χ1) is 7.24. The highest BCUT2D eigenvalue weighted by Gasteiger charge is 2.31. The summed E-state index contributed by atoms with van der Waals surface area (Å²) in [6.45, 7) is 2.22. The predicted octanol–water partition coefficient (Wildman–Crippen LogP) is 2.37. The molecule has 0 spiro atoms. The summed E-state index contributed by atoms with van der Waals surface area (Å²) in [5.41, 5.74) is 0. The van der Waals surface area contributed by atoms with E-state index in [0.717, 1.165) is 17.7 Å². The quantitative estimate of drug-likeness (QED) is 0.744. The van der Waals surface area contributed by atoms with E-state index in [4.69, 9.17) is 5.11 Å². The van der Waals surface area contributed by atoms with Crippen LogP contribution in [-0.2, 0) is 4.79 Å². The minimum absolute atomic E-state index is 0.0756. The molecule has 0 aliphatic heterocycles. The number of rotatable bonds is 7. The van der Waals surface area contributed by atoms with Crippen molar-refractivity contribution < 1.29 is 23.1 Å². The third-order valence-electron chi connectivity index (χ3n) is 2.11. The van der Waals surface area contributed by atoms with E-state index >= 15 is 0 Å². The highest BCUT2D eigenvalue weighted by molar-refractivity contribution is 5.69. The van der Waals surface area contributed by atoms with Crippen LogP contribution < -0.4 is 0 Å². The molecule has 0 aliphatic carbocycles. The minimum atomic E-state index is -4.35. The molecule has 0 fully saturated rings. The van der Waals surface area contributed by atoms with Crippen LogP contribution in [0.15, 0.2) is 0 Å². The standard InChI is InChI=1S/C10H18F3NO2/c1-3-4-8(2)5-14(6-9(15)16)7-10(11,12)13/h8H,3-7H2,1-2H3,(H,15,16). The fraction of sp³-hybridized carbons (Fsp3) is 0.900. The molecule has 0 saturated heterocycles. The van der Waals surface area contributed by atoms with Crippen molar-refractivity contribution in [2.45, 2.75) is 32.9 Å². The Morgan fingerprint density at radius 1 is 1.44 bits per heavy atom. The van der Waals surface area contributed by atoms with E-state index in [-0.39, 0.29) is 12.5 Å². The molecule has 0 aliphatic rings. The van der Waals surface area contributed by atoms with Crippen LogP contribution in [0.5, 0.6) is 0 Å². The molecule has 0 aromatic heterocycles. The van der Waals surface area contributed by atoms with Gasteiger partial charge in [-0.3, -0.25) is 9.69 Å². The molecule has 1 N–H and O–H groups in total. The van der Waals surface area contributed by atoms with Crippen LogP contribution in [0.3, 0.4) is 0 Å². The van der Waals surface area contributed by atoms with Crippen molar-refractivity contribution in [3.63, 3.8) is 0 Å². The van der Waals surface area contributed by atoms with Gasteiger partial charge >= 0.3 is 12.1 Å². The first-order valence-corrected chi connectivity index (χ1v) is 5.25. The third kappa shape index (κ3) is 8.52. The van der Waals surface area contributed by atoms with Crippen molar-refractivity contribution in [2.24, 2.45) is 5.92 Å². The van der Waals surface area contributed by atoms with Crippen LogP contribution >= 0.6 is 0 Å². The fourth-order valence-electron chi connectivity index (χ4n) is 1.65. The monoisotopic (exact) mass is 241 g/mol. The molecule has 6 heteroatoms. The zero-order chi connectivity index (χ0) is 12.8. The van der Waals surface area contributed by atoms with E-state index in [1.807, 2.05) is 13.8 Å². The van der Waals surface area contributed by atoms with E-state index in [1.54, 1.807) is 0 Å². The average molecular weight is 241 g/mol. The third-order valence-corrected chi connectivity index (χ3v) is 2.11. The minimum Gasteiger partial charge on any atom is -0.480 e. The Kier molecular flexibility index (Phi) is 6.40. The maximum Gasteiger partial charge on any atom is 0.401 e. The molecular formula is C10H18F3NO2. The lowest BCUT2D eigenvalue weighted by atomic mass is 10.1. The zero-order valence-electron chi connectivity index (χ0n) is 9.55. The van der Waals surface area contributed by atoms with Crippen LogP contribution in [0.1, 0.15) is 26.7 Å². The van der Waals surface area contributed by atoms with E-state index < -0.39 is 25.2 Å². The van der Waals surface area contributed by atoms with Crippen LogP contribution in [0.25, 0.3) is 0 Å². The molecule has 0 bridgehead atoms. The maximum absolute atomic E-state index is 12.2. The van der Waals surface area contributed by atoms with Crippen molar-refractivity contribution in [1.82, 2.24) is 4.90 Å². The van der Waals surface area contributed by atoms with Gasteiger partial charge in [-0.25, -0.2) is 0 Å². The summed E-state index contributed by atoms with van der Waals surface area (Å²) in [6, 6.07) is 0. The first kappa shape index (κ1) is 15.2. The summed E-state index contributed by atoms with van der Waals surface area (Å²) in [6.07, 6.45) is -2.66. The van der Waals surface area contributed by atoms with Gasteiger partial charge in [-0.2, -0.15) is 13.2 Å². The molecule has 0 heterocycles. The Hall–Kier alpha value is -0.780. The smallest absolute Gasteiger partial charge is 0.401 e. The summed E-state index contributed by atoms with van der Waals surface area (Å²) in [7, 11) is 0. The number of hydrogen-bond acceptors (Lipinski definition) is 2. The molecule has 96 valence electrons. The number of carboxylic acids is 1. The van der Waals surface area contributed by atoms with E-state index in [9.17, 15) is 18.0 Å². The SMILES string of the molecule is CCCC(C)CN(CC(=O)O)CC(F)(F)F. The number of carbonyl (C=O) groups is 1. The maximum atomic E-state index is 12.2. The van der Waals surface area contributed by atoms with E-state index in [1.165, 1.54) is 0 Å². The number of alkyl halides is 3. The Morgan fingerprint density at radius 3 is 2.38 bits per heavy atom. The lowest BCUT2D eigenvalue weighted by molar-refractivity contribution is -0.154. The molecule has 1 atom stereocenters. The van der Waals surface area contributed by atoms with Gasteiger partial charge in [-0.05, 0) is 12.3 Å². The summed E-state index contributed by atoms with van der Waals surface area (Å²) < 4.78 is 36.5. The molecule has 16 heavy (non-hydrogen) atoms. The highest BCUT2D eigenvalue weighted by atomic mass is 19.4. The largest absolute Gasteiger partial charge is 0.480 e. The van der Waals surface area contributed by atoms with Gasteiger partial charge in [-0.15, -0.1) is 0 Å². The van der Waals surface area contributed by atoms with Gasteiger partial charge in [0, 0.05) is 6.54 Å². The number of hydrogen-bond donors (Lipinski definition) is 1. The van der Waals surface area contributed by atoms with Crippen LogP contribution in [0.2, 0.25) is 0 Å². The number of halogens is 3. The van der Waals surface area contributed by atoms with Gasteiger partial charge in [0.15, 0.2) is 0 Å². The normalized spacial score (nSPS) is 14.1. The van der Waals surface area contributed by atoms with Crippen molar-refractivity contribution in [1.29, 1.82) is 0 Å². The molecule has 0 rings (SSSR count). The second-order valence-electron chi connectivity index (χ2n) is 4.07. The molecule has 0 amide bonds. The Balaban J connectivity index is 4.25. The molecule has 0 radical (unpaired) electrons. The van der Waals surface area contributed by atoms with Gasteiger partial charge in [0.25, 0.3) is 0 Å². The zero-order valence-corrected chi connectivity index (χ0v) is 9.55. The predicted molar refractivity (Wildman–Crippen MR) is 54.2 cm³/mol. The molecule has 1 unspecified atom stereocenters. The van der Waals surface area contributed by atoms with Crippen molar-refractivity contribution >= 4 is 5.97 Å². The highest BCUT2D eigenvalue weighted by Crippen LogP contribution is 2.18. The summed E-state index contributed by atoms with van der Waals surface area (Å²) in [4.78, 5) is 11.4. The van der Waals surface area contributed by atoms with Crippen molar-refractivity contribution in [2.75, 3.05) is 19.6 Å². The Labute approximate surface area is 93.2 Å². The molecule has 3 nitrogen and oxygen atoms in total. The Morgan fingerprint density at radius 2 is 2.00 bits per heavy atom. The summed E-state index contributed by atoms with van der Waals surface area (Å²) in [5.74, 6) is -1.15. The van der Waals surface area contributed by atoms with Gasteiger partial charge in [0.2, 0.25) is 0 Å². The van der Waals surface area contributed by atoms with E-state index in [2.05, 4.69) is 0 Å². The van der Waals surface area contributed by atoms with Gasteiger partial charge in [0.1, 0.15) is 0 Å². The lowest BCUT2D eigenvalue weighted by Crippen LogP contribution is -2.40.